The van der Waals surface area contributed by atoms with E-state index >= 15 is 0 Å². The van der Waals surface area contributed by atoms with Gasteiger partial charge in [0.05, 0.1) is 5.69 Å². The SMILES string of the molecule is CCn1nc(C)cc1CC(=O)Cc1ccc(Cl)cc1. The van der Waals surface area contributed by atoms with Crippen LogP contribution < -0.4 is 0 Å². The van der Waals surface area contributed by atoms with Crippen LogP contribution in [0.3, 0.4) is 0 Å². The van der Waals surface area contributed by atoms with Gasteiger partial charge in [0, 0.05) is 30.1 Å². The number of carbonyl (C=O) groups is 1. The summed E-state index contributed by atoms with van der Waals surface area (Å²) in [4.78, 5) is 12.1. The Morgan fingerprint density at radius 1 is 1.26 bits per heavy atom. The van der Waals surface area contributed by atoms with Crippen LogP contribution in [-0.4, -0.2) is 15.6 Å². The van der Waals surface area contributed by atoms with Crippen molar-refractivity contribution in [1.82, 2.24) is 9.78 Å². The molecule has 0 spiro atoms. The molecule has 0 N–H and O–H groups in total. The molecule has 100 valence electrons. The maximum absolute atomic E-state index is 12.1. The molecule has 0 fully saturated rings. The highest BCUT2D eigenvalue weighted by Crippen LogP contribution is 2.12. The molecular formula is C15H17ClN2O. The van der Waals surface area contributed by atoms with E-state index in [-0.39, 0.29) is 5.78 Å². The van der Waals surface area contributed by atoms with Gasteiger partial charge in [-0.1, -0.05) is 23.7 Å². The lowest BCUT2D eigenvalue weighted by Gasteiger charge is -2.04. The number of nitrogens with zero attached hydrogens (tertiary/aromatic N) is 2. The van der Waals surface area contributed by atoms with E-state index in [9.17, 15) is 4.79 Å². The quantitative estimate of drug-likeness (QED) is 0.840. The van der Waals surface area contributed by atoms with Gasteiger partial charge in [-0.05, 0) is 37.6 Å². The topological polar surface area (TPSA) is 34.9 Å². The zero-order valence-electron chi connectivity index (χ0n) is 11.2. The van der Waals surface area contributed by atoms with Gasteiger partial charge in [0.2, 0.25) is 0 Å². The minimum Gasteiger partial charge on any atom is -0.299 e. The molecule has 0 aliphatic rings. The Labute approximate surface area is 118 Å². The van der Waals surface area contributed by atoms with Gasteiger partial charge in [-0.2, -0.15) is 5.10 Å². The van der Waals surface area contributed by atoms with E-state index in [2.05, 4.69) is 5.10 Å². The van der Waals surface area contributed by atoms with Gasteiger partial charge in [0.25, 0.3) is 0 Å². The van der Waals surface area contributed by atoms with Crippen molar-refractivity contribution < 1.29 is 4.79 Å². The van der Waals surface area contributed by atoms with Gasteiger partial charge >= 0.3 is 0 Å². The molecule has 3 nitrogen and oxygen atoms in total. The van der Waals surface area contributed by atoms with Crippen LogP contribution in [0.4, 0.5) is 0 Å². The second kappa shape index (κ2) is 6.02. The Balaban J connectivity index is 2.03. The normalized spacial score (nSPS) is 10.7. The van der Waals surface area contributed by atoms with E-state index in [1.807, 2.05) is 48.9 Å². The lowest BCUT2D eigenvalue weighted by molar-refractivity contribution is -0.117. The second-order valence-electron chi connectivity index (χ2n) is 4.61. The number of hydrogen-bond acceptors (Lipinski definition) is 2. The van der Waals surface area contributed by atoms with Crippen LogP contribution in [0.1, 0.15) is 23.9 Å². The molecule has 1 aromatic carbocycles. The van der Waals surface area contributed by atoms with Crippen molar-refractivity contribution in [2.24, 2.45) is 0 Å². The molecule has 1 aromatic heterocycles. The van der Waals surface area contributed by atoms with E-state index in [0.717, 1.165) is 23.5 Å². The number of aryl methyl sites for hydroxylation is 2. The van der Waals surface area contributed by atoms with E-state index in [4.69, 9.17) is 11.6 Å². The first kappa shape index (κ1) is 13.8. The van der Waals surface area contributed by atoms with E-state index in [1.165, 1.54) is 0 Å². The van der Waals surface area contributed by atoms with Gasteiger partial charge in [-0.15, -0.1) is 0 Å². The molecule has 0 saturated heterocycles. The summed E-state index contributed by atoms with van der Waals surface area (Å²) in [6.07, 6.45) is 0.864. The summed E-state index contributed by atoms with van der Waals surface area (Å²) < 4.78 is 1.88. The lowest BCUT2D eigenvalue weighted by Crippen LogP contribution is -2.11. The molecule has 0 atom stereocenters. The van der Waals surface area contributed by atoms with Crippen LogP contribution in [0.15, 0.2) is 30.3 Å². The van der Waals surface area contributed by atoms with Crippen LogP contribution in [0.2, 0.25) is 5.02 Å². The van der Waals surface area contributed by atoms with Crippen molar-refractivity contribution in [3.05, 3.63) is 52.3 Å². The number of benzene rings is 1. The Morgan fingerprint density at radius 2 is 1.95 bits per heavy atom. The highest BCUT2D eigenvalue weighted by atomic mass is 35.5. The summed E-state index contributed by atoms with van der Waals surface area (Å²) in [6.45, 7) is 4.76. The molecule has 4 heteroatoms. The molecule has 0 aliphatic heterocycles. The maximum Gasteiger partial charge on any atom is 0.143 e. The van der Waals surface area contributed by atoms with Crippen molar-refractivity contribution in [2.75, 3.05) is 0 Å². The second-order valence-corrected chi connectivity index (χ2v) is 5.05. The number of Topliss-reactive ketones (excluding diaryl/α,β-unsaturated/α-hetero) is 1. The molecule has 2 rings (SSSR count). The van der Waals surface area contributed by atoms with E-state index in [0.29, 0.717) is 17.9 Å². The van der Waals surface area contributed by atoms with Crippen LogP contribution >= 0.6 is 11.6 Å². The van der Waals surface area contributed by atoms with Crippen LogP contribution in [-0.2, 0) is 24.2 Å². The van der Waals surface area contributed by atoms with Gasteiger partial charge in [-0.25, -0.2) is 0 Å². The number of hydrogen-bond donors (Lipinski definition) is 0. The molecule has 0 aliphatic carbocycles. The van der Waals surface area contributed by atoms with Gasteiger partial charge in [-0.3, -0.25) is 9.48 Å². The average Bonchev–Trinajstić information content (AvgIpc) is 2.72. The standard InChI is InChI=1S/C15H17ClN2O/c1-3-18-14(8-11(2)17-18)10-15(19)9-12-4-6-13(16)7-5-12/h4-8H,3,9-10H2,1-2H3. The van der Waals surface area contributed by atoms with E-state index in [1.54, 1.807) is 0 Å². The first-order valence-electron chi connectivity index (χ1n) is 6.38. The first-order chi connectivity index (χ1) is 9.08. The average molecular weight is 277 g/mol. The molecular weight excluding hydrogens is 260 g/mol. The van der Waals surface area contributed by atoms with E-state index < -0.39 is 0 Å². The summed E-state index contributed by atoms with van der Waals surface area (Å²) in [6, 6.07) is 9.38. The van der Waals surface area contributed by atoms with Gasteiger partial charge in [0.1, 0.15) is 5.78 Å². The number of carbonyl (C=O) groups excluding carboxylic acids is 1. The Hall–Kier alpha value is -1.61. The molecule has 0 amide bonds. The Morgan fingerprint density at radius 3 is 2.58 bits per heavy atom. The monoisotopic (exact) mass is 276 g/mol. The van der Waals surface area contributed by atoms with Crippen LogP contribution in [0, 0.1) is 6.92 Å². The highest BCUT2D eigenvalue weighted by molar-refractivity contribution is 6.30. The van der Waals surface area contributed by atoms with Crippen molar-refractivity contribution in [3.8, 4) is 0 Å². The maximum atomic E-state index is 12.1. The van der Waals surface area contributed by atoms with Crippen molar-refractivity contribution in [3.63, 3.8) is 0 Å². The van der Waals surface area contributed by atoms with Crippen LogP contribution in [0.5, 0.6) is 0 Å². The Kier molecular flexibility index (Phi) is 4.38. The fourth-order valence-electron chi connectivity index (χ4n) is 2.11. The molecule has 0 saturated carbocycles. The summed E-state index contributed by atoms with van der Waals surface area (Å²) >= 11 is 5.82. The molecule has 0 bridgehead atoms. The minimum absolute atomic E-state index is 0.192. The molecule has 19 heavy (non-hydrogen) atoms. The largest absolute Gasteiger partial charge is 0.299 e. The number of ketones is 1. The van der Waals surface area contributed by atoms with Gasteiger partial charge in [0.15, 0.2) is 0 Å². The molecule has 2 aromatic rings. The minimum atomic E-state index is 0.192. The summed E-state index contributed by atoms with van der Waals surface area (Å²) in [5.41, 5.74) is 2.93. The number of aromatic nitrogens is 2. The predicted octanol–water partition coefficient (Wildman–Crippen LogP) is 3.22. The lowest BCUT2D eigenvalue weighted by atomic mass is 10.1. The first-order valence-corrected chi connectivity index (χ1v) is 6.75. The Bertz CT molecular complexity index is 572. The summed E-state index contributed by atoms with van der Waals surface area (Å²) in [5.74, 6) is 0.192. The summed E-state index contributed by atoms with van der Waals surface area (Å²) in [5, 5.41) is 5.04. The zero-order chi connectivity index (χ0) is 13.8. The van der Waals surface area contributed by atoms with Crippen molar-refractivity contribution in [2.45, 2.75) is 33.2 Å². The highest BCUT2D eigenvalue weighted by Gasteiger charge is 2.10. The molecule has 0 radical (unpaired) electrons. The smallest absolute Gasteiger partial charge is 0.143 e. The van der Waals surface area contributed by atoms with Crippen molar-refractivity contribution in [1.29, 1.82) is 0 Å². The molecule has 0 unspecified atom stereocenters. The molecule has 1 heterocycles. The van der Waals surface area contributed by atoms with Crippen molar-refractivity contribution >= 4 is 17.4 Å². The third-order valence-electron chi connectivity index (χ3n) is 2.98. The van der Waals surface area contributed by atoms with Crippen LogP contribution in [0.25, 0.3) is 0 Å². The fourth-order valence-corrected chi connectivity index (χ4v) is 2.24. The summed E-state index contributed by atoms with van der Waals surface area (Å²) in [7, 11) is 0. The van der Waals surface area contributed by atoms with Gasteiger partial charge < -0.3 is 0 Å². The fraction of sp³-hybridized carbons (Fsp3) is 0.333. The zero-order valence-corrected chi connectivity index (χ0v) is 11.9. The third-order valence-corrected chi connectivity index (χ3v) is 3.23. The third kappa shape index (κ3) is 3.67. The number of halogens is 1. The number of rotatable bonds is 5. The predicted molar refractivity (Wildman–Crippen MR) is 76.5 cm³/mol.